The number of benzene rings is 2. The van der Waals surface area contributed by atoms with Crippen LogP contribution >= 0.6 is 0 Å². The van der Waals surface area contributed by atoms with Crippen LogP contribution in [0.15, 0.2) is 51.7 Å². The molecule has 1 heterocycles. The van der Waals surface area contributed by atoms with Gasteiger partial charge in [0.1, 0.15) is 17.1 Å². The number of aromatic hydroxyl groups is 1. The van der Waals surface area contributed by atoms with E-state index in [4.69, 9.17) is 4.42 Å². The van der Waals surface area contributed by atoms with Crippen molar-refractivity contribution in [3.63, 3.8) is 0 Å². The van der Waals surface area contributed by atoms with Crippen molar-refractivity contribution in [3.05, 3.63) is 80.6 Å². The maximum Gasteiger partial charge on any atom is 1.00 e. The zero-order chi connectivity index (χ0) is 30.3. The van der Waals surface area contributed by atoms with Crippen LogP contribution in [0.2, 0.25) is 0 Å². The van der Waals surface area contributed by atoms with Crippen LogP contribution in [0.3, 0.4) is 0 Å². The molecule has 1 aliphatic carbocycles. The molecule has 1 N–H and O–H groups in total. The summed E-state index contributed by atoms with van der Waals surface area (Å²) < 4.78 is 6.13. The Morgan fingerprint density at radius 3 is 1.87 bits per heavy atom. The molecule has 0 saturated heterocycles. The van der Waals surface area contributed by atoms with Gasteiger partial charge in [0.05, 0.1) is 5.97 Å². The molecule has 1 aromatic carbocycles. The predicted octanol–water partition coefficient (Wildman–Crippen LogP) is 5.21. The van der Waals surface area contributed by atoms with Crippen LogP contribution in [-0.2, 0) is 4.79 Å². The summed E-state index contributed by atoms with van der Waals surface area (Å²) in [5.74, 6) is -0.888. The zero-order valence-electron chi connectivity index (χ0n) is 26.7. The first-order valence-electron chi connectivity index (χ1n) is 13.5. The molecule has 0 saturated carbocycles. The van der Waals surface area contributed by atoms with Gasteiger partial charge in [-0.15, -0.1) is 0 Å². The van der Waals surface area contributed by atoms with Gasteiger partial charge >= 0.3 is 29.6 Å². The molecule has 210 valence electrons. The van der Waals surface area contributed by atoms with E-state index in [1.807, 2.05) is 55.4 Å². The molecule has 0 aromatic heterocycles. The molecule has 6 heteroatoms. The first-order chi connectivity index (χ1) is 18.1. The van der Waals surface area contributed by atoms with Crippen LogP contribution in [0.5, 0.6) is 5.75 Å². The second kappa shape index (κ2) is 20.3. The molecule has 0 amide bonds. The Morgan fingerprint density at radius 1 is 0.923 bits per heavy atom. The summed E-state index contributed by atoms with van der Waals surface area (Å²) in [7, 11) is 0. The van der Waals surface area contributed by atoms with Crippen molar-refractivity contribution < 1.29 is 49.0 Å². The molecule has 5 nitrogen and oxygen atoms in total. The molecular weight excluding hydrogens is 499 g/mol. The number of aliphatic carboxylic acids is 1. The number of rotatable bonds is 4. The average Bonchev–Trinajstić information content (AvgIpc) is 2.94. The van der Waals surface area contributed by atoms with Gasteiger partial charge in [-0.3, -0.25) is 4.79 Å². The number of phenolic OH excluding ortho intramolecular Hbond substituents is 1. The minimum absolute atomic E-state index is 0. The maximum atomic E-state index is 12.6. The third kappa shape index (κ3) is 8.96. The molecule has 1 aromatic rings. The average molecular weight is 547 g/mol. The largest absolute Gasteiger partial charge is 1.00 e. The Kier molecular flexibility index (Phi) is 21.3. The van der Waals surface area contributed by atoms with Crippen molar-refractivity contribution >= 4 is 22.5 Å². The minimum Gasteiger partial charge on any atom is -0.545 e. The van der Waals surface area contributed by atoms with Crippen molar-refractivity contribution in [1.29, 1.82) is 0 Å². The molecule has 2 aliphatic rings. The Balaban J connectivity index is -0.00000132. The monoisotopic (exact) mass is 546 g/mol. The van der Waals surface area contributed by atoms with Crippen LogP contribution < -0.4 is 40.1 Å². The summed E-state index contributed by atoms with van der Waals surface area (Å²) in [4.78, 5) is 24.5. The number of carbonyl (C=O) groups excluding carboxylic acids is 1. The van der Waals surface area contributed by atoms with E-state index in [1.165, 1.54) is 12.2 Å². The number of allylic oxidation sites excluding steroid dienone is 3. The fraction of sp³-hybridized carbons (Fsp3) is 0.394. The van der Waals surface area contributed by atoms with Crippen molar-refractivity contribution in [3.8, 4) is 17.1 Å². The van der Waals surface area contributed by atoms with Crippen LogP contribution in [-0.4, -0.2) is 11.1 Å². The van der Waals surface area contributed by atoms with Gasteiger partial charge in [-0.05, 0) is 63.5 Å². The van der Waals surface area contributed by atoms with Gasteiger partial charge < -0.3 is 19.4 Å². The van der Waals surface area contributed by atoms with Crippen LogP contribution in [0.4, 0.5) is 0 Å². The standard InChI is InChI=1S/C25H24O5.4C2H6.Na/c1-7-9-17(16(8-2)25(28)29)20-18-10-12(3)21(26)14(5)23(18)30-24-15(6)22(27)13(4)11-19(20)24;4*1-2;/h7-11,26H,1H2,2-6H3,(H,28,29);4*1-2H3;/q;;;;;+1/p-1/b16-8+,17-9+;;;;;. The molecular formula is C33H47NaO5. The van der Waals surface area contributed by atoms with Crippen LogP contribution in [0, 0.1) is 27.7 Å². The predicted molar refractivity (Wildman–Crippen MR) is 162 cm³/mol. The second-order valence-corrected chi connectivity index (χ2v) is 7.35. The van der Waals surface area contributed by atoms with Gasteiger partial charge in [0, 0.05) is 33.2 Å². The van der Waals surface area contributed by atoms with E-state index in [0.717, 1.165) is 0 Å². The minimum atomic E-state index is -1.33. The first kappa shape index (κ1) is 40.9. The van der Waals surface area contributed by atoms with E-state index in [2.05, 4.69) is 6.58 Å². The molecule has 0 radical (unpaired) electrons. The van der Waals surface area contributed by atoms with E-state index in [1.54, 1.807) is 52.8 Å². The van der Waals surface area contributed by atoms with Gasteiger partial charge in [0.15, 0.2) is 5.43 Å². The number of carboxylic acid groups (broad SMARTS) is 1. The summed E-state index contributed by atoms with van der Waals surface area (Å²) in [5, 5.41) is 23.0. The summed E-state index contributed by atoms with van der Waals surface area (Å²) in [5.41, 5.74) is 3.89. The molecule has 0 bridgehead atoms. The summed E-state index contributed by atoms with van der Waals surface area (Å²) in [6.45, 7) is 28.2. The zero-order valence-corrected chi connectivity index (χ0v) is 28.7. The van der Waals surface area contributed by atoms with Crippen molar-refractivity contribution in [2.75, 3.05) is 0 Å². The third-order valence-corrected chi connectivity index (χ3v) is 5.42. The Labute approximate surface area is 258 Å². The fourth-order valence-electron chi connectivity index (χ4n) is 3.88. The number of hydrogen-bond acceptors (Lipinski definition) is 5. The Bertz CT molecular complexity index is 1310. The second-order valence-electron chi connectivity index (χ2n) is 7.35. The fourth-order valence-corrected chi connectivity index (χ4v) is 3.88. The molecule has 0 atom stereocenters. The normalized spacial score (nSPS) is 10.3. The van der Waals surface area contributed by atoms with E-state index >= 15 is 0 Å². The van der Waals surface area contributed by atoms with Gasteiger partial charge in [0.2, 0.25) is 0 Å². The van der Waals surface area contributed by atoms with Gasteiger partial charge in [-0.1, -0.05) is 80.2 Å². The maximum absolute atomic E-state index is 12.6. The summed E-state index contributed by atoms with van der Waals surface area (Å²) >= 11 is 0. The molecule has 1 aliphatic heterocycles. The summed E-state index contributed by atoms with van der Waals surface area (Å²) in [6, 6.07) is 3.46. The molecule has 0 unspecified atom stereocenters. The van der Waals surface area contributed by atoms with E-state index < -0.39 is 5.97 Å². The van der Waals surface area contributed by atoms with E-state index in [0.29, 0.717) is 55.7 Å². The summed E-state index contributed by atoms with van der Waals surface area (Å²) in [6.07, 6.45) is 4.58. The molecule has 0 spiro atoms. The van der Waals surface area contributed by atoms with E-state index in [9.17, 15) is 19.8 Å². The molecule has 3 rings (SSSR count). The van der Waals surface area contributed by atoms with Crippen molar-refractivity contribution in [1.82, 2.24) is 0 Å². The number of phenols is 1. The van der Waals surface area contributed by atoms with Crippen molar-refractivity contribution in [2.24, 2.45) is 0 Å². The third-order valence-electron chi connectivity index (χ3n) is 5.42. The van der Waals surface area contributed by atoms with Crippen LogP contribution in [0.25, 0.3) is 27.9 Å². The quantitative estimate of drug-likeness (QED) is 0.210. The smallest absolute Gasteiger partial charge is 0.545 e. The Morgan fingerprint density at radius 2 is 1.44 bits per heavy atom. The number of aryl methyl sites for hydroxylation is 3. The van der Waals surface area contributed by atoms with Gasteiger partial charge in [-0.25, -0.2) is 0 Å². The SMILES string of the molecule is C=C/C=C(\C(=C/C)C(=O)[O-])c1c2cc(C)c(=O)c(C)c-2oc2c(C)c(O)c(C)cc12.CC.CC.CC.CC.[Na+]. The first-order valence-corrected chi connectivity index (χ1v) is 13.5. The van der Waals surface area contributed by atoms with Crippen molar-refractivity contribution in [2.45, 2.75) is 90.0 Å². The Hall–Kier alpha value is -2.60. The number of carbonyl (C=O) groups is 1. The number of carboxylic acids is 1. The van der Waals surface area contributed by atoms with Crippen LogP contribution in [0.1, 0.15) is 90.1 Å². The topological polar surface area (TPSA) is 90.6 Å². The van der Waals surface area contributed by atoms with Gasteiger partial charge in [-0.2, -0.15) is 0 Å². The molecule has 0 fully saturated rings. The number of hydrogen-bond donors (Lipinski definition) is 1. The molecule has 39 heavy (non-hydrogen) atoms. The van der Waals surface area contributed by atoms with E-state index in [-0.39, 0.29) is 46.3 Å². The number of fused-ring (bicyclic) bond motifs is 2. The van der Waals surface area contributed by atoms with Gasteiger partial charge in [0.25, 0.3) is 0 Å².